The Balaban J connectivity index is 1.61. The number of amides is 3. The lowest BCUT2D eigenvalue weighted by Crippen LogP contribution is -2.48. The number of benzene rings is 3. The molecule has 0 fully saturated rings. The first kappa shape index (κ1) is 31.6. The number of likely N-dealkylation sites (N-methyl/N-ethyl adjacent to an activating group) is 1. The number of nitrogens with zero attached hydrogens (tertiary/aromatic N) is 2. The molecule has 3 aromatic carbocycles. The lowest BCUT2D eigenvalue weighted by molar-refractivity contribution is -0.134. The van der Waals surface area contributed by atoms with Crippen molar-refractivity contribution in [1.29, 1.82) is 0 Å². The summed E-state index contributed by atoms with van der Waals surface area (Å²) in [5.74, 6) is 0.488. The average Bonchev–Trinajstić information content (AvgIpc) is 3.04. The SMILES string of the molecule is COc1ccc(S(=O)(=O)Nc2ccc3c(c2)CC(=O)N([C@@H](C)CO)C[C@H](C)[C@H](CN(C)C(=O)Nc2ccccc2)O3)cc1. The molecule has 11 nitrogen and oxygen atoms in total. The predicted octanol–water partition coefficient (Wildman–Crippen LogP) is 3.81. The number of ether oxygens (including phenoxy) is 2. The van der Waals surface area contributed by atoms with Crippen LogP contribution in [0.5, 0.6) is 11.5 Å². The molecule has 0 aromatic heterocycles. The molecule has 3 amide bonds. The van der Waals surface area contributed by atoms with Crippen LogP contribution in [-0.2, 0) is 21.2 Å². The Morgan fingerprint density at radius 1 is 1.12 bits per heavy atom. The minimum Gasteiger partial charge on any atom is -0.497 e. The number of hydrogen-bond donors (Lipinski definition) is 3. The molecule has 0 saturated heterocycles. The molecule has 0 radical (unpaired) electrons. The molecule has 0 saturated carbocycles. The molecule has 1 heterocycles. The quantitative estimate of drug-likeness (QED) is 0.335. The van der Waals surface area contributed by atoms with E-state index in [0.29, 0.717) is 29.3 Å². The van der Waals surface area contributed by atoms with Gasteiger partial charge in [-0.05, 0) is 61.5 Å². The van der Waals surface area contributed by atoms with Crippen molar-refractivity contribution in [2.75, 3.05) is 43.9 Å². The number of carbonyl (C=O) groups is 2. The summed E-state index contributed by atoms with van der Waals surface area (Å²) in [5, 5.41) is 12.7. The molecule has 12 heteroatoms. The molecule has 0 spiro atoms. The smallest absolute Gasteiger partial charge is 0.321 e. The van der Waals surface area contributed by atoms with Crippen molar-refractivity contribution in [3.8, 4) is 11.5 Å². The number of hydrogen-bond acceptors (Lipinski definition) is 7. The molecule has 0 unspecified atom stereocenters. The Hall–Kier alpha value is -4.29. The van der Waals surface area contributed by atoms with Crippen molar-refractivity contribution >= 4 is 33.3 Å². The highest BCUT2D eigenvalue weighted by Crippen LogP contribution is 2.30. The van der Waals surface area contributed by atoms with Gasteiger partial charge in [-0.2, -0.15) is 0 Å². The Kier molecular flexibility index (Phi) is 10.1. The number of anilines is 2. The van der Waals surface area contributed by atoms with Crippen molar-refractivity contribution in [3.63, 3.8) is 0 Å². The maximum absolute atomic E-state index is 13.5. The molecule has 230 valence electrons. The van der Waals surface area contributed by atoms with Crippen LogP contribution in [0.3, 0.4) is 0 Å². The van der Waals surface area contributed by atoms with Gasteiger partial charge in [0.25, 0.3) is 10.0 Å². The highest BCUT2D eigenvalue weighted by atomic mass is 32.2. The van der Waals surface area contributed by atoms with Gasteiger partial charge in [0.1, 0.15) is 17.6 Å². The summed E-state index contributed by atoms with van der Waals surface area (Å²) in [5.41, 5.74) is 1.40. The number of methoxy groups -OCH3 is 1. The van der Waals surface area contributed by atoms with Crippen LogP contribution in [-0.4, -0.2) is 81.3 Å². The summed E-state index contributed by atoms with van der Waals surface area (Å²) in [4.78, 5) is 29.6. The first-order chi connectivity index (χ1) is 20.5. The number of carbonyl (C=O) groups excluding carboxylic acids is 2. The van der Waals surface area contributed by atoms with Crippen LogP contribution in [0.25, 0.3) is 0 Å². The van der Waals surface area contributed by atoms with Gasteiger partial charge >= 0.3 is 6.03 Å². The molecule has 43 heavy (non-hydrogen) atoms. The Morgan fingerprint density at radius 2 is 1.81 bits per heavy atom. The zero-order valence-electron chi connectivity index (χ0n) is 24.7. The lowest BCUT2D eigenvalue weighted by Gasteiger charge is -2.34. The van der Waals surface area contributed by atoms with Gasteiger partial charge in [0.15, 0.2) is 0 Å². The zero-order valence-corrected chi connectivity index (χ0v) is 25.5. The fourth-order valence-electron chi connectivity index (χ4n) is 4.77. The van der Waals surface area contributed by atoms with E-state index in [2.05, 4.69) is 10.0 Å². The second kappa shape index (κ2) is 13.8. The molecule has 0 aliphatic carbocycles. The highest BCUT2D eigenvalue weighted by molar-refractivity contribution is 7.92. The van der Waals surface area contributed by atoms with Crippen LogP contribution in [0.1, 0.15) is 19.4 Å². The van der Waals surface area contributed by atoms with E-state index in [4.69, 9.17) is 9.47 Å². The molecule has 3 aromatic rings. The van der Waals surface area contributed by atoms with E-state index < -0.39 is 22.2 Å². The summed E-state index contributed by atoms with van der Waals surface area (Å²) in [6, 6.07) is 19.1. The van der Waals surface area contributed by atoms with Crippen molar-refractivity contribution in [1.82, 2.24) is 9.80 Å². The van der Waals surface area contributed by atoms with Crippen LogP contribution in [0.15, 0.2) is 77.7 Å². The molecular weight excluding hydrogens is 572 g/mol. The zero-order chi connectivity index (χ0) is 31.1. The Bertz CT molecular complexity index is 1520. The van der Waals surface area contributed by atoms with Crippen molar-refractivity contribution < 1.29 is 32.6 Å². The number of urea groups is 1. The Morgan fingerprint density at radius 3 is 2.47 bits per heavy atom. The molecule has 1 aliphatic heterocycles. The largest absolute Gasteiger partial charge is 0.497 e. The predicted molar refractivity (Wildman–Crippen MR) is 164 cm³/mol. The van der Waals surface area contributed by atoms with Crippen molar-refractivity contribution in [2.45, 2.75) is 37.3 Å². The number of sulfonamides is 1. The van der Waals surface area contributed by atoms with Gasteiger partial charge < -0.3 is 29.7 Å². The van der Waals surface area contributed by atoms with E-state index in [0.717, 1.165) is 0 Å². The van der Waals surface area contributed by atoms with E-state index in [1.807, 2.05) is 25.1 Å². The minimum absolute atomic E-state index is 0.0535. The van der Waals surface area contributed by atoms with E-state index >= 15 is 0 Å². The van der Waals surface area contributed by atoms with Crippen molar-refractivity contribution in [3.05, 3.63) is 78.4 Å². The molecule has 1 aliphatic rings. The normalized spacial score (nSPS) is 17.8. The summed E-state index contributed by atoms with van der Waals surface area (Å²) < 4.78 is 40.3. The van der Waals surface area contributed by atoms with E-state index in [9.17, 15) is 23.1 Å². The standard InChI is InChI=1S/C31H38N4O7S/c1-21-18-35(22(2)20-36)30(37)17-23-16-25(33-43(39,40)27-13-11-26(41-4)12-14-27)10-15-28(23)42-29(21)19-34(3)31(38)32-24-8-6-5-7-9-24/h5-16,21-22,29,33,36H,17-20H2,1-4H3,(H,32,38)/t21-,22-,29-/m0/s1. The third-order valence-electron chi connectivity index (χ3n) is 7.36. The fraction of sp³-hybridized carbons (Fsp3) is 0.355. The van der Waals surface area contributed by atoms with Crippen molar-refractivity contribution in [2.24, 2.45) is 5.92 Å². The average molecular weight is 611 g/mol. The van der Waals surface area contributed by atoms with Crippen LogP contribution in [0.4, 0.5) is 16.2 Å². The topological polar surface area (TPSA) is 138 Å². The van der Waals surface area contributed by atoms with Crippen LogP contribution in [0, 0.1) is 5.92 Å². The summed E-state index contributed by atoms with van der Waals surface area (Å²) in [6.07, 6.45) is -0.590. The number of fused-ring (bicyclic) bond motifs is 1. The Labute approximate surface area is 252 Å². The van der Waals surface area contributed by atoms with Gasteiger partial charge in [0.2, 0.25) is 5.91 Å². The van der Waals surface area contributed by atoms with Crippen LogP contribution in [0.2, 0.25) is 0 Å². The molecule has 3 atom stereocenters. The monoisotopic (exact) mass is 610 g/mol. The number of rotatable bonds is 9. The third-order valence-corrected chi connectivity index (χ3v) is 8.76. The number of aliphatic hydroxyl groups excluding tert-OH is 1. The first-order valence-corrected chi connectivity index (χ1v) is 15.4. The van der Waals surface area contributed by atoms with Gasteiger partial charge in [-0.25, -0.2) is 13.2 Å². The van der Waals surface area contributed by atoms with Crippen LogP contribution >= 0.6 is 0 Å². The minimum atomic E-state index is -3.93. The van der Waals surface area contributed by atoms with Crippen LogP contribution < -0.4 is 19.5 Å². The molecule has 0 bridgehead atoms. The van der Waals surface area contributed by atoms with E-state index in [1.165, 1.54) is 24.1 Å². The van der Waals surface area contributed by atoms with Gasteiger partial charge in [0.05, 0.1) is 37.6 Å². The van der Waals surface area contributed by atoms with Gasteiger partial charge in [0, 0.05) is 36.4 Å². The number of para-hydroxylation sites is 1. The summed E-state index contributed by atoms with van der Waals surface area (Å²) in [7, 11) is -0.765. The van der Waals surface area contributed by atoms with E-state index in [-0.39, 0.29) is 48.0 Å². The van der Waals surface area contributed by atoms with E-state index in [1.54, 1.807) is 61.3 Å². The van der Waals surface area contributed by atoms with Gasteiger partial charge in [-0.15, -0.1) is 0 Å². The first-order valence-electron chi connectivity index (χ1n) is 13.9. The molecule has 3 N–H and O–H groups in total. The highest BCUT2D eigenvalue weighted by Gasteiger charge is 2.32. The van der Waals surface area contributed by atoms with Gasteiger partial charge in [-0.3, -0.25) is 9.52 Å². The molecule has 4 rings (SSSR count). The number of aliphatic hydroxyl groups is 1. The third kappa shape index (κ3) is 7.96. The summed E-state index contributed by atoms with van der Waals surface area (Å²) in [6.45, 7) is 3.97. The molecular formula is C31H38N4O7S. The number of nitrogens with one attached hydrogen (secondary N) is 2. The maximum Gasteiger partial charge on any atom is 0.321 e. The fourth-order valence-corrected chi connectivity index (χ4v) is 5.82. The lowest BCUT2D eigenvalue weighted by atomic mass is 10.0. The van der Waals surface area contributed by atoms with Gasteiger partial charge in [-0.1, -0.05) is 25.1 Å². The second-order valence-corrected chi connectivity index (χ2v) is 12.4. The summed E-state index contributed by atoms with van der Waals surface area (Å²) >= 11 is 0. The maximum atomic E-state index is 13.5. The second-order valence-electron chi connectivity index (χ2n) is 10.7.